The van der Waals surface area contributed by atoms with Gasteiger partial charge in [-0.05, 0) is 31.8 Å². The maximum atomic E-state index is 6.03. The summed E-state index contributed by atoms with van der Waals surface area (Å²) in [7, 11) is 1.53. The summed E-state index contributed by atoms with van der Waals surface area (Å²) in [6.07, 6.45) is -0.456. The van der Waals surface area contributed by atoms with Crippen molar-refractivity contribution in [2.24, 2.45) is 0 Å². The van der Waals surface area contributed by atoms with Gasteiger partial charge >= 0.3 is 0 Å². The van der Waals surface area contributed by atoms with Crippen LogP contribution >= 0.6 is 11.8 Å². The monoisotopic (exact) mass is 298 g/mol. The van der Waals surface area contributed by atoms with Crippen LogP contribution in [0.25, 0.3) is 0 Å². The van der Waals surface area contributed by atoms with E-state index in [4.69, 9.17) is 13.9 Å². The maximum absolute atomic E-state index is 6.03. The molecule has 5 heteroatoms. The molecule has 0 aliphatic carbocycles. The summed E-state index contributed by atoms with van der Waals surface area (Å²) in [5, 5.41) is 1.96. The van der Waals surface area contributed by atoms with Gasteiger partial charge in [0.2, 0.25) is 14.6 Å². The predicted octanol–water partition coefficient (Wildman–Crippen LogP) is 4.09. The highest BCUT2D eigenvalue weighted by Gasteiger charge is 2.23. The average molecular weight is 298 g/mol. The van der Waals surface area contributed by atoms with Crippen molar-refractivity contribution in [1.82, 2.24) is 0 Å². The summed E-state index contributed by atoms with van der Waals surface area (Å²) < 4.78 is 16.6. The van der Waals surface area contributed by atoms with Gasteiger partial charge in [-0.1, -0.05) is 30.0 Å². The number of benzene rings is 1. The summed E-state index contributed by atoms with van der Waals surface area (Å²) in [6.45, 7) is 6.41. The molecular weight excluding hydrogens is 276 g/mol. The molecule has 0 spiro atoms. The van der Waals surface area contributed by atoms with E-state index in [1.54, 1.807) is 26.0 Å². The molecule has 0 bridgehead atoms. The SMILES string of the molecule is COC(OC)/C(=C/Sc1ccccc1)O[Si](C)(C)C. The average Bonchev–Trinajstić information content (AvgIpc) is 2.37. The molecule has 0 fully saturated rings. The molecule has 1 aromatic rings. The lowest BCUT2D eigenvalue weighted by atomic mass is 10.4. The zero-order chi connectivity index (χ0) is 14.3. The maximum Gasteiger partial charge on any atom is 0.242 e. The fourth-order valence-corrected chi connectivity index (χ4v) is 3.11. The Labute approximate surface area is 121 Å². The van der Waals surface area contributed by atoms with E-state index >= 15 is 0 Å². The molecule has 106 valence electrons. The lowest BCUT2D eigenvalue weighted by Gasteiger charge is -2.25. The summed E-state index contributed by atoms with van der Waals surface area (Å²) in [6, 6.07) is 10.1. The molecule has 1 rings (SSSR count). The van der Waals surface area contributed by atoms with Crippen molar-refractivity contribution >= 4 is 20.1 Å². The second kappa shape index (κ2) is 7.74. The quantitative estimate of drug-likeness (QED) is 0.328. The van der Waals surface area contributed by atoms with Crippen LogP contribution in [0, 0.1) is 0 Å². The standard InChI is InChI=1S/C14H22O3SSi/c1-15-14(16-2)13(17-19(3,4)5)11-18-12-9-7-6-8-10-12/h6-11,14H,1-5H3/b13-11-. The van der Waals surface area contributed by atoms with Gasteiger partial charge in [-0.2, -0.15) is 0 Å². The Hall–Kier alpha value is -0.753. The molecule has 0 saturated carbocycles. The minimum Gasteiger partial charge on any atom is -0.543 e. The van der Waals surface area contributed by atoms with E-state index in [9.17, 15) is 0 Å². The Bertz CT molecular complexity index is 397. The minimum absolute atomic E-state index is 0.456. The normalized spacial score (nSPS) is 12.8. The predicted molar refractivity (Wildman–Crippen MR) is 82.6 cm³/mol. The smallest absolute Gasteiger partial charge is 0.242 e. The largest absolute Gasteiger partial charge is 0.543 e. The second-order valence-corrected chi connectivity index (χ2v) is 10.3. The molecule has 19 heavy (non-hydrogen) atoms. The second-order valence-electron chi connectivity index (χ2n) is 4.97. The van der Waals surface area contributed by atoms with E-state index in [0.717, 1.165) is 10.7 Å². The Kier molecular flexibility index (Phi) is 6.64. The van der Waals surface area contributed by atoms with E-state index in [1.807, 2.05) is 23.6 Å². The molecule has 3 nitrogen and oxygen atoms in total. The molecule has 0 atom stereocenters. The third-order valence-corrected chi connectivity index (χ3v) is 3.88. The van der Waals surface area contributed by atoms with E-state index in [2.05, 4.69) is 31.8 Å². The number of methoxy groups -OCH3 is 2. The summed E-state index contributed by atoms with van der Waals surface area (Å²) in [5.74, 6) is 0.734. The van der Waals surface area contributed by atoms with Crippen molar-refractivity contribution in [3.8, 4) is 0 Å². The first kappa shape index (κ1) is 16.3. The van der Waals surface area contributed by atoms with Gasteiger partial charge in [0, 0.05) is 24.5 Å². The first-order valence-corrected chi connectivity index (χ1v) is 10.4. The van der Waals surface area contributed by atoms with Crippen molar-refractivity contribution in [2.45, 2.75) is 30.8 Å². The third-order valence-electron chi connectivity index (χ3n) is 2.14. The summed E-state index contributed by atoms with van der Waals surface area (Å²) >= 11 is 1.60. The molecular formula is C14H22O3SSi. The zero-order valence-electron chi connectivity index (χ0n) is 12.2. The number of hydrogen-bond acceptors (Lipinski definition) is 4. The van der Waals surface area contributed by atoms with Gasteiger partial charge in [0.1, 0.15) is 5.76 Å². The molecule has 0 amide bonds. The number of hydrogen-bond donors (Lipinski definition) is 0. The van der Waals surface area contributed by atoms with Crippen molar-refractivity contribution < 1.29 is 13.9 Å². The Balaban J connectivity index is 2.83. The van der Waals surface area contributed by atoms with Crippen LogP contribution in [0.15, 0.2) is 46.4 Å². The van der Waals surface area contributed by atoms with Crippen molar-refractivity contribution in [3.63, 3.8) is 0 Å². The van der Waals surface area contributed by atoms with Crippen LogP contribution in [0.4, 0.5) is 0 Å². The van der Waals surface area contributed by atoms with Crippen LogP contribution in [0.2, 0.25) is 19.6 Å². The van der Waals surface area contributed by atoms with Gasteiger partial charge in [-0.25, -0.2) is 0 Å². The fourth-order valence-electron chi connectivity index (χ4n) is 1.43. The first-order valence-electron chi connectivity index (χ1n) is 6.12. The molecule has 0 N–H and O–H groups in total. The first-order chi connectivity index (χ1) is 8.96. The highest BCUT2D eigenvalue weighted by atomic mass is 32.2. The molecule has 0 unspecified atom stereocenters. The lowest BCUT2D eigenvalue weighted by molar-refractivity contribution is -0.0937. The van der Waals surface area contributed by atoms with Gasteiger partial charge in [-0.3, -0.25) is 0 Å². The van der Waals surface area contributed by atoms with Crippen LogP contribution in [0.5, 0.6) is 0 Å². The van der Waals surface area contributed by atoms with Crippen LogP contribution in [0.3, 0.4) is 0 Å². The topological polar surface area (TPSA) is 27.7 Å². The highest BCUT2D eigenvalue weighted by molar-refractivity contribution is 8.02. The van der Waals surface area contributed by atoms with Crippen molar-refractivity contribution in [2.75, 3.05) is 14.2 Å². The van der Waals surface area contributed by atoms with Crippen molar-refractivity contribution in [3.05, 3.63) is 41.5 Å². The van der Waals surface area contributed by atoms with Gasteiger partial charge in [-0.15, -0.1) is 0 Å². The molecule has 0 aromatic heterocycles. The molecule has 1 aromatic carbocycles. The summed E-state index contributed by atoms with van der Waals surface area (Å²) in [4.78, 5) is 1.16. The van der Waals surface area contributed by atoms with Crippen LogP contribution in [-0.2, 0) is 13.9 Å². The molecule has 0 aliphatic rings. The van der Waals surface area contributed by atoms with Crippen LogP contribution < -0.4 is 0 Å². The van der Waals surface area contributed by atoms with Gasteiger partial charge in [0.05, 0.1) is 0 Å². The van der Waals surface area contributed by atoms with E-state index in [0.29, 0.717) is 0 Å². The summed E-state index contributed by atoms with van der Waals surface area (Å²) in [5.41, 5.74) is 0. The van der Waals surface area contributed by atoms with Crippen molar-refractivity contribution in [1.29, 1.82) is 0 Å². The van der Waals surface area contributed by atoms with Crippen LogP contribution in [0.1, 0.15) is 0 Å². The van der Waals surface area contributed by atoms with E-state index in [-0.39, 0.29) is 0 Å². The van der Waals surface area contributed by atoms with Gasteiger partial charge in [0.25, 0.3) is 0 Å². The lowest BCUT2D eigenvalue weighted by Crippen LogP contribution is -2.30. The Morgan fingerprint density at radius 2 is 1.68 bits per heavy atom. The minimum atomic E-state index is -1.70. The molecule has 0 saturated heterocycles. The number of rotatable bonds is 7. The Morgan fingerprint density at radius 1 is 1.11 bits per heavy atom. The van der Waals surface area contributed by atoms with E-state index < -0.39 is 14.6 Å². The molecule has 0 radical (unpaired) electrons. The zero-order valence-corrected chi connectivity index (χ0v) is 14.0. The van der Waals surface area contributed by atoms with Crippen LogP contribution in [-0.4, -0.2) is 28.8 Å². The van der Waals surface area contributed by atoms with E-state index in [1.165, 1.54) is 0 Å². The number of thioether (sulfide) groups is 1. The fraction of sp³-hybridized carbons (Fsp3) is 0.429. The highest BCUT2D eigenvalue weighted by Crippen LogP contribution is 2.24. The molecule has 0 aliphatic heterocycles. The van der Waals surface area contributed by atoms with Gasteiger partial charge in [0.15, 0.2) is 0 Å². The van der Waals surface area contributed by atoms with Gasteiger partial charge < -0.3 is 13.9 Å². The Morgan fingerprint density at radius 3 is 2.16 bits per heavy atom. The molecule has 0 heterocycles. The number of ether oxygens (including phenoxy) is 2. The third kappa shape index (κ3) is 6.29.